The lowest BCUT2D eigenvalue weighted by molar-refractivity contribution is 0.127. The number of hydrogen-bond donors (Lipinski definition) is 1. The fourth-order valence-electron chi connectivity index (χ4n) is 1.99. The molecule has 1 aliphatic rings. The molecule has 0 saturated carbocycles. The Labute approximate surface area is 115 Å². The summed E-state index contributed by atoms with van der Waals surface area (Å²) in [7, 11) is 0. The number of hydrogen-bond acceptors (Lipinski definition) is 3. The van der Waals surface area contributed by atoms with E-state index >= 15 is 0 Å². The van der Waals surface area contributed by atoms with Gasteiger partial charge in [-0.3, -0.25) is 0 Å². The van der Waals surface area contributed by atoms with Crippen molar-refractivity contribution in [3.8, 4) is 0 Å². The lowest BCUT2D eigenvalue weighted by Gasteiger charge is -2.15. The van der Waals surface area contributed by atoms with Crippen LogP contribution in [-0.2, 0) is 4.74 Å². The number of thioether (sulfide) groups is 1. The maximum absolute atomic E-state index is 5.89. The quantitative estimate of drug-likeness (QED) is 0.923. The van der Waals surface area contributed by atoms with E-state index in [1.165, 1.54) is 4.90 Å². The summed E-state index contributed by atoms with van der Waals surface area (Å²) in [6.07, 6.45) is 1.49. The molecule has 17 heavy (non-hydrogen) atoms. The van der Waals surface area contributed by atoms with Gasteiger partial charge < -0.3 is 10.5 Å². The molecule has 1 aromatic rings. The van der Waals surface area contributed by atoms with Gasteiger partial charge in [0.05, 0.1) is 6.10 Å². The molecule has 2 N–H and O–H groups in total. The van der Waals surface area contributed by atoms with E-state index in [0.29, 0.717) is 11.4 Å². The van der Waals surface area contributed by atoms with Gasteiger partial charge in [0.1, 0.15) is 0 Å². The zero-order valence-corrected chi connectivity index (χ0v) is 12.6. The van der Waals surface area contributed by atoms with E-state index < -0.39 is 0 Å². The lowest BCUT2D eigenvalue weighted by Crippen LogP contribution is -2.13. The molecule has 0 radical (unpaired) electrons. The van der Waals surface area contributed by atoms with Crippen LogP contribution in [-0.4, -0.2) is 18.0 Å². The smallest absolute Gasteiger partial charge is 0.0669 e. The monoisotopic (exact) mass is 315 g/mol. The summed E-state index contributed by atoms with van der Waals surface area (Å²) in [6, 6.07) is 6.49. The second-order valence-corrected chi connectivity index (χ2v) is 6.66. The molecule has 1 aliphatic heterocycles. The number of nitrogens with two attached hydrogens (primary N) is 1. The Kier molecular flexibility index (Phi) is 4.53. The Morgan fingerprint density at radius 1 is 1.53 bits per heavy atom. The van der Waals surface area contributed by atoms with Crippen LogP contribution >= 0.6 is 27.7 Å². The molecule has 1 saturated heterocycles. The SMILES string of the molecule is CC1OCCC1Sc1ccc([C@H](C)N)c(Br)c1. The van der Waals surface area contributed by atoms with Gasteiger partial charge in [0.15, 0.2) is 0 Å². The Bertz CT molecular complexity index is 397. The Morgan fingerprint density at radius 2 is 2.29 bits per heavy atom. The summed E-state index contributed by atoms with van der Waals surface area (Å²) in [5.74, 6) is 0. The molecule has 2 nitrogen and oxygen atoms in total. The molecule has 0 aliphatic carbocycles. The number of halogens is 1. The van der Waals surface area contributed by atoms with E-state index in [2.05, 4.69) is 41.1 Å². The minimum absolute atomic E-state index is 0.0668. The van der Waals surface area contributed by atoms with Crippen LogP contribution in [0.3, 0.4) is 0 Å². The summed E-state index contributed by atoms with van der Waals surface area (Å²) in [5, 5.41) is 0.572. The molecule has 1 fully saturated rings. The summed E-state index contributed by atoms with van der Waals surface area (Å²) >= 11 is 5.49. The van der Waals surface area contributed by atoms with Gasteiger partial charge in [-0.15, -0.1) is 11.8 Å². The first kappa shape index (κ1) is 13.4. The highest BCUT2D eigenvalue weighted by Crippen LogP contribution is 2.35. The Balaban J connectivity index is 2.09. The first-order chi connectivity index (χ1) is 8.08. The summed E-state index contributed by atoms with van der Waals surface area (Å²) < 4.78 is 6.68. The molecule has 4 heteroatoms. The van der Waals surface area contributed by atoms with Crippen LogP contribution in [0.1, 0.15) is 31.9 Å². The Morgan fingerprint density at radius 3 is 2.82 bits per heavy atom. The summed E-state index contributed by atoms with van der Waals surface area (Å²) in [5.41, 5.74) is 7.05. The van der Waals surface area contributed by atoms with Crippen LogP contribution in [0.2, 0.25) is 0 Å². The van der Waals surface area contributed by atoms with E-state index in [9.17, 15) is 0 Å². The standard InChI is InChI=1S/C13H18BrNOS/c1-8(15)11-4-3-10(7-12(11)14)17-13-5-6-16-9(13)2/h3-4,7-9,13H,5-6,15H2,1-2H3/t8-,9?,13?/m0/s1. The molecular formula is C13H18BrNOS. The van der Waals surface area contributed by atoms with Crippen molar-refractivity contribution in [3.05, 3.63) is 28.2 Å². The van der Waals surface area contributed by atoms with Crippen LogP contribution < -0.4 is 5.73 Å². The summed E-state index contributed by atoms with van der Waals surface area (Å²) in [4.78, 5) is 1.28. The highest BCUT2D eigenvalue weighted by Gasteiger charge is 2.25. The average molecular weight is 316 g/mol. The van der Waals surface area contributed by atoms with Gasteiger partial charge in [-0.05, 0) is 38.0 Å². The maximum Gasteiger partial charge on any atom is 0.0669 e. The molecular weight excluding hydrogens is 298 g/mol. The normalized spacial score (nSPS) is 26.1. The largest absolute Gasteiger partial charge is 0.377 e. The third kappa shape index (κ3) is 3.25. The van der Waals surface area contributed by atoms with Crippen molar-refractivity contribution in [2.45, 2.75) is 42.6 Å². The Hall–Kier alpha value is -0.0300. The van der Waals surface area contributed by atoms with E-state index in [0.717, 1.165) is 23.1 Å². The molecule has 1 heterocycles. The van der Waals surface area contributed by atoms with Crippen LogP contribution in [0.15, 0.2) is 27.6 Å². The molecule has 3 atom stereocenters. The van der Waals surface area contributed by atoms with Crippen LogP contribution in [0, 0.1) is 0 Å². The van der Waals surface area contributed by atoms with Crippen LogP contribution in [0.25, 0.3) is 0 Å². The molecule has 94 valence electrons. The minimum atomic E-state index is 0.0668. The second-order valence-electron chi connectivity index (χ2n) is 4.49. The van der Waals surface area contributed by atoms with Crippen molar-refractivity contribution in [2.24, 2.45) is 5.73 Å². The fourth-order valence-corrected chi connectivity index (χ4v) is 4.05. The third-order valence-electron chi connectivity index (χ3n) is 3.06. The fraction of sp³-hybridized carbons (Fsp3) is 0.538. The van der Waals surface area contributed by atoms with Crippen molar-refractivity contribution in [1.82, 2.24) is 0 Å². The highest BCUT2D eigenvalue weighted by atomic mass is 79.9. The number of benzene rings is 1. The van der Waals surface area contributed by atoms with E-state index in [4.69, 9.17) is 10.5 Å². The molecule has 0 aromatic heterocycles. The molecule has 2 rings (SSSR count). The first-order valence-electron chi connectivity index (χ1n) is 5.91. The van der Waals surface area contributed by atoms with E-state index in [1.807, 2.05) is 18.7 Å². The van der Waals surface area contributed by atoms with Gasteiger partial charge >= 0.3 is 0 Å². The summed E-state index contributed by atoms with van der Waals surface area (Å²) in [6.45, 7) is 5.04. The highest BCUT2D eigenvalue weighted by molar-refractivity contribution is 9.10. The molecule has 1 aromatic carbocycles. The molecule has 0 bridgehead atoms. The van der Waals surface area contributed by atoms with E-state index in [-0.39, 0.29) is 6.04 Å². The van der Waals surface area contributed by atoms with Crippen molar-refractivity contribution in [2.75, 3.05) is 6.61 Å². The van der Waals surface area contributed by atoms with Gasteiger partial charge in [-0.25, -0.2) is 0 Å². The molecule has 2 unspecified atom stereocenters. The third-order valence-corrected chi connectivity index (χ3v) is 5.19. The first-order valence-corrected chi connectivity index (χ1v) is 7.58. The van der Waals surface area contributed by atoms with Crippen LogP contribution in [0.4, 0.5) is 0 Å². The van der Waals surface area contributed by atoms with Crippen molar-refractivity contribution >= 4 is 27.7 Å². The lowest BCUT2D eigenvalue weighted by atomic mass is 10.1. The van der Waals surface area contributed by atoms with Crippen molar-refractivity contribution in [1.29, 1.82) is 0 Å². The van der Waals surface area contributed by atoms with Gasteiger partial charge in [0.2, 0.25) is 0 Å². The van der Waals surface area contributed by atoms with Crippen molar-refractivity contribution < 1.29 is 4.74 Å². The topological polar surface area (TPSA) is 35.2 Å². The minimum Gasteiger partial charge on any atom is -0.377 e. The number of rotatable bonds is 3. The van der Waals surface area contributed by atoms with Crippen molar-refractivity contribution in [3.63, 3.8) is 0 Å². The van der Waals surface area contributed by atoms with Gasteiger partial charge in [-0.2, -0.15) is 0 Å². The molecule has 0 amide bonds. The second kappa shape index (κ2) is 5.74. The van der Waals surface area contributed by atoms with Gasteiger partial charge in [0.25, 0.3) is 0 Å². The van der Waals surface area contributed by atoms with Gasteiger partial charge in [-0.1, -0.05) is 22.0 Å². The average Bonchev–Trinajstić information content (AvgIpc) is 2.64. The number of ether oxygens (including phenoxy) is 1. The van der Waals surface area contributed by atoms with Crippen LogP contribution in [0.5, 0.6) is 0 Å². The predicted molar refractivity (Wildman–Crippen MR) is 76.4 cm³/mol. The predicted octanol–water partition coefficient (Wildman–Crippen LogP) is 3.74. The van der Waals surface area contributed by atoms with E-state index in [1.54, 1.807) is 0 Å². The van der Waals surface area contributed by atoms with Gasteiger partial charge in [0, 0.05) is 27.3 Å². The maximum atomic E-state index is 5.89. The zero-order valence-electron chi connectivity index (χ0n) is 10.2. The molecule has 0 spiro atoms. The zero-order chi connectivity index (χ0) is 12.4.